The van der Waals surface area contributed by atoms with Gasteiger partial charge < -0.3 is 15.5 Å². The van der Waals surface area contributed by atoms with Crippen LogP contribution in [-0.4, -0.2) is 60.9 Å². The molecule has 2 amide bonds. The molecule has 0 saturated carbocycles. The minimum absolute atomic E-state index is 0.0629. The van der Waals surface area contributed by atoms with Crippen molar-refractivity contribution in [3.8, 4) is 0 Å². The number of rotatable bonds is 7. The van der Waals surface area contributed by atoms with E-state index in [0.29, 0.717) is 19.5 Å². The second-order valence-electron chi connectivity index (χ2n) is 4.53. The fourth-order valence-electron chi connectivity index (χ4n) is 1.98. The van der Waals surface area contributed by atoms with E-state index in [1.165, 1.54) is 13.3 Å². The Morgan fingerprint density at radius 1 is 1.33 bits per heavy atom. The summed E-state index contributed by atoms with van der Waals surface area (Å²) < 4.78 is 0. The monoisotopic (exact) mass is 273 g/mol. The van der Waals surface area contributed by atoms with Crippen LogP contribution >= 0.6 is 11.8 Å². The predicted molar refractivity (Wildman–Crippen MR) is 74.7 cm³/mol. The number of nitrogens with one attached hydrogen (secondary N) is 2. The van der Waals surface area contributed by atoms with Crippen LogP contribution in [0.3, 0.4) is 0 Å². The van der Waals surface area contributed by atoms with Crippen molar-refractivity contribution >= 4 is 23.6 Å². The lowest BCUT2D eigenvalue weighted by Crippen LogP contribution is -2.35. The Labute approximate surface area is 113 Å². The third-order valence-corrected chi connectivity index (χ3v) is 4.09. The molecule has 2 N–H and O–H groups in total. The molecule has 1 fully saturated rings. The average molecular weight is 273 g/mol. The molecule has 1 aliphatic heterocycles. The fourth-order valence-corrected chi connectivity index (χ4v) is 2.68. The summed E-state index contributed by atoms with van der Waals surface area (Å²) in [6.45, 7) is 5.51. The average Bonchev–Trinajstić information content (AvgIpc) is 2.80. The van der Waals surface area contributed by atoms with Crippen molar-refractivity contribution in [3.63, 3.8) is 0 Å². The molecule has 0 aromatic heterocycles. The summed E-state index contributed by atoms with van der Waals surface area (Å²) in [5, 5.41) is 6.18. The van der Waals surface area contributed by atoms with E-state index in [2.05, 4.69) is 21.8 Å². The topological polar surface area (TPSA) is 61.4 Å². The molecule has 1 unspecified atom stereocenters. The van der Waals surface area contributed by atoms with E-state index in [1.54, 1.807) is 0 Å². The van der Waals surface area contributed by atoms with Crippen LogP contribution in [0.5, 0.6) is 0 Å². The number of carbonyl (C=O) groups is 2. The number of carbonyl (C=O) groups excluding carboxylic acids is 2. The molecule has 104 valence electrons. The van der Waals surface area contributed by atoms with Crippen molar-refractivity contribution in [3.05, 3.63) is 0 Å². The Balaban J connectivity index is 2.01. The van der Waals surface area contributed by atoms with Gasteiger partial charge in [-0.1, -0.05) is 0 Å². The van der Waals surface area contributed by atoms with Crippen LogP contribution in [0.4, 0.5) is 0 Å². The van der Waals surface area contributed by atoms with Crippen molar-refractivity contribution in [2.75, 3.05) is 39.0 Å². The number of likely N-dealkylation sites (tertiary alicyclic amines) is 1. The Kier molecular flexibility index (Phi) is 7.12. The van der Waals surface area contributed by atoms with E-state index < -0.39 is 0 Å². The molecule has 6 heteroatoms. The molecule has 0 aromatic rings. The second-order valence-corrected chi connectivity index (χ2v) is 5.67. The Bertz CT molecular complexity index is 286. The maximum Gasteiger partial charge on any atom is 0.221 e. The van der Waals surface area contributed by atoms with Gasteiger partial charge >= 0.3 is 0 Å². The van der Waals surface area contributed by atoms with Crippen molar-refractivity contribution < 1.29 is 9.59 Å². The van der Waals surface area contributed by atoms with Crippen LogP contribution in [0.1, 0.15) is 19.8 Å². The standard InChI is InChI=1S/C12H23N3O2S/c1-10(16)13-5-6-14-12(17)4-8-15-7-3-11(9-15)18-2/h11H,3-9H2,1-2H3,(H,13,16)(H,14,17). The van der Waals surface area contributed by atoms with Gasteiger partial charge in [0.2, 0.25) is 11.8 Å². The highest BCUT2D eigenvalue weighted by atomic mass is 32.2. The van der Waals surface area contributed by atoms with Crippen molar-refractivity contribution in [1.29, 1.82) is 0 Å². The summed E-state index contributed by atoms with van der Waals surface area (Å²) in [4.78, 5) is 24.5. The first-order valence-electron chi connectivity index (χ1n) is 6.38. The summed E-state index contributed by atoms with van der Waals surface area (Å²) in [6.07, 6.45) is 3.91. The van der Waals surface area contributed by atoms with Crippen LogP contribution in [-0.2, 0) is 9.59 Å². The SMILES string of the molecule is CSC1CCN(CCC(=O)NCCNC(C)=O)C1. The summed E-state index contributed by atoms with van der Waals surface area (Å²) >= 11 is 1.91. The maximum atomic E-state index is 11.5. The molecule has 1 rings (SSSR count). The van der Waals surface area contributed by atoms with Crippen molar-refractivity contribution in [1.82, 2.24) is 15.5 Å². The summed E-state index contributed by atoms with van der Waals surface area (Å²) in [5.74, 6) is -0.00243. The van der Waals surface area contributed by atoms with Gasteiger partial charge in [0, 0.05) is 44.8 Å². The molecule has 0 aliphatic carbocycles. The van der Waals surface area contributed by atoms with E-state index >= 15 is 0 Å². The molecule has 1 saturated heterocycles. The first kappa shape index (κ1) is 15.3. The van der Waals surface area contributed by atoms with Gasteiger partial charge in [-0.15, -0.1) is 0 Å². The molecule has 18 heavy (non-hydrogen) atoms. The lowest BCUT2D eigenvalue weighted by Gasteiger charge is -2.15. The molecule has 5 nitrogen and oxygen atoms in total. The molecule has 0 bridgehead atoms. The highest BCUT2D eigenvalue weighted by molar-refractivity contribution is 7.99. The van der Waals surface area contributed by atoms with E-state index in [-0.39, 0.29) is 11.8 Å². The Hall–Kier alpha value is -0.750. The zero-order valence-corrected chi connectivity index (χ0v) is 12.0. The quantitative estimate of drug-likeness (QED) is 0.644. The van der Waals surface area contributed by atoms with Gasteiger partial charge in [0.15, 0.2) is 0 Å². The normalized spacial score (nSPS) is 19.8. The highest BCUT2D eigenvalue weighted by Gasteiger charge is 2.21. The number of amides is 2. The number of hydrogen-bond donors (Lipinski definition) is 2. The summed E-state index contributed by atoms with van der Waals surface area (Å²) in [5.41, 5.74) is 0. The van der Waals surface area contributed by atoms with Gasteiger partial charge in [-0.05, 0) is 19.2 Å². The summed E-state index contributed by atoms with van der Waals surface area (Å²) in [7, 11) is 0. The van der Waals surface area contributed by atoms with Gasteiger partial charge in [0.25, 0.3) is 0 Å². The number of hydrogen-bond acceptors (Lipinski definition) is 4. The molecule has 0 radical (unpaired) electrons. The minimum atomic E-state index is -0.0653. The summed E-state index contributed by atoms with van der Waals surface area (Å²) in [6, 6.07) is 0. The zero-order chi connectivity index (χ0) is 13.4. The van der Waals surface area contributed by atoms with Gasteiger partial charge in [0.05, 0.1) is 0 Å². The second kappa shape index (κ2) is 8.37. The largest absolute Gasteiger partial charge is 0.355 e. The lowest BCUT2D eigenvalue weighted by molar-refractivity contribution is -0.122. The minimum Gasteiger partial charge on any atom is -0.355 e. The van der Waals surface area contributed by atoms with E-state index in [9.17, 15) is 9.59 Å². The molecule has 1 aliphatic rings. The van der Waals surface area contributed by atoms with E-state index in [1.807, 2.05) is 11.8 Å². The van der Waals surface area contributed by atoms with Crippen molar-refractivity contribution in [2.24, 2.45) is 0 Å². The number of nitrogens with zero attached hydrogens (tertiary/aromatic N) is 1. The third kappa shape index (κ3) is 6.26. The number of thioether (sulfide) groups is 1. The first-order chi connectivity index (χ1) is 8.61. The van der Waals surface area contributed by atoms with Crippen molar-refractivity contribution in [2.45, 2.75) is 25.0 Å². The molecule has 1 atom stereocenters. The third-order valence-electron chi connectivity index (χ3n) is 3.04. The van der Waals surface area contributed by atoms with Crippen LogP contribution in [0, 0.1) is 0 Å². The van der Waals surface area contributed by atoms with Crippen LogP contribution in [0.15, 0.2) is 0 Å². The Morgan fingerprint density at radius 2 is 2.06 bits per heavy atom. The maximum absolute atomic E-state index is 11.5. The Morgan fingerprint density at radius 3 is 2.67 bits per heavy atom. The highest BCUT2D eigenvalue weighted by Crippen LogP contribution is 2.19. The van der Waals surface area contributed by atoms with Gasteiger partial charge in [0.1, 0.15) is 0 Å². The van der Waals surface area contributed by atoms with E-state index in [4.69, 9.17) is 0 Å². The van der Waals surface area contributed by atoms with Crippen LogP contribution in [0.2, 0.25) is 0 Å². The van der Waals surface area contributed by atoms with Crippen LogP contribution < -0.4 is 10.6 Å². The molecular formula is C12H23N3O2S. The smallest absolute Gasteiger partial charge is 0.221 e. The molecular weight excluding hydrogens is 250 g/mol. The fraction of sp³-hybridized carbons (Fsp3) is 0.833. The lowest BCUT2D eigenvalue weighted by atomic mass is 10.3. The van der Waals surface area contributed by atoms with E-state index in [0.717, 1.165) is 24.9 Å². The zero-order valence-electron chi connectivity index (χ0n) is 11.2. The predicted octanol–water partition coefficient (Wildman–Crippen LogP) is 0.0661. The molecule has 0 aromatic carbocycles. The van der Waals surface area contributed by atoms with Crippen LogP contribution in [0.25, 0.3) is 0 Å². The molecule has 0 spiro atoms. The first-order valence-corrected chi connectivity index (χ1v) is 7.67. The van der Waals surface area contributed by atoms with Gasteiger partial charge in [-0.2, -0.15) is 11.8 Å². The van der Waals surface area contributed by atoms with Gasteiger partial charge in [-0.25, -0.2) is 0 Å². The van der Waals surface area contributed by atoms with Gasteiger partial charge in [-0.3, -0.25) is 9.59 Å². The molecule has 1 heterocycles.